The summed E-state index contributed by atoms with van der Waals surface area (Å²) < 4.78 is 30.4. The number of H-pyrrole nitrogens is 1. The van der Waals surface area contributed by atoms with Gasteiger partial charge in [0.15, 0.2) is 0 Å². The van der Waals surface area contributed by atoms with Gasteiger partial charge in [-0.3, -0.25) is 9.10 Å². The molecular weight excluding hydrogens is 494 g/mol. The molecule has 12 heteroatoms. The van der Waals surface area contributed by atoms with Gasteiger partial charge in [-0.15, -0.1) is 0 Å². The molecule has 1 amide bonds. The summed E-state index contributed by atoms with van der Waals surface area (Å²) in [5.41, 5.74) is 3.13. The molecule has 0 unspecified atom stereocenters. The molecule has 0 fully saturated rings. The molecular formula is C25H29N7O4S. The lowest BCUT2D eigenvalue weighted by atomic mass is 10.1. The first-order valence-corrected chi connectivity index (χ1v) is 13.4. The Kier molecular flexibility index (Phi) is 7.89. The van der Waals surface area contributed by atoms with Crippen LogP contribution in [0.5, 0.6) is 0 Å². The van der Waals surface area contributed by atoms with Crippen molar-refractivity contribution in [3.8, 4) is 0 Å². The molecule has 2 aromatic carbocycles. The number of carbonyl (C=O) groups excluding carboxylic acids is 1. The zero-order valence-electron chi connectivity index (χ0n) is 20.8. The summed E-state index contributed by atoms with van der Waals surface area (Å²) in [7, 11) is -0.313. The van der Waals surface area contributed by atoms with Crippen molar-refractivity contribution in [1.29, 1.82) is 0 Å². The van der Waals surface area contributed by atoms with Gasteiger partial charge >= 0.3 is 0 Å². The molecule has 0 aliphatic rings. The molecule has 0 saturated carbocycles. The van der Waals surface area contributed by atoms with Gasteiger partial charge in [0.25, 0.3) is 5.91 Å². The Morgan fingerprint density at radius 2 is 1.92 bits per heavy atom. The molecule has 4 N–H and O–H groups in total. The number of hydrogen-bond donors (Lipinski definition) is 4. The molecule has 0 radical (unpaired) electrons. The molecule has 4 aromatic rings. The molecule has 0 aliphatic carbocycles. The largest absolute Gasteiger partial charge is 0.383 e. The van der Waals surface area contributed by atoms with E-state index in [0.717, 1.165) is 10.9 Å². The Labute approximate surface area is 215 Å². The second-order valence-electron chi connectivity index (χ2n) is 8.30. The zero-order chi connectivity index (χ0) is 26.4. The summed E-state index contributed by atoms with van der Waals surface area (Å²) in [6, 6.07) is 16.2. The summed E-state index contributed by atoms with van der Waals surface area (Å²) in [4.78, 5) is 24.7. The van der Waals surface area contributed by atoms with Crippen molar-refractivity contribution < 1.29 is 17.9 Å². The molecule has 0 bridgehead atoms. The van der Waals surface area contributed by atoms with E-state index in [1.54, 1.807) is 43.6 Å². The molecule has 0 aliphatic heterocycles. The van der Waals surface area contributed by atoms with Gasteiger partial charge in [-0.2, -0.15) is 9.97 Å². The SMILES string of the molecule is COCCNC(=O)c1cccc(Nc2nc(NCc3ccccc3N(C)S(C)(=O)=O)c3cc[nH]c3n2)c1. The Morgan fingerprint density at radius 1 is 1.11 bits per heavy atom. The number of anilines is 4. The quantitative estimate of drug-likeness (QED) is 0.220. The zero-order valence-corrected chi connectivity index (χ0v) is 21.6. The van der Waals surface area contributed by atoms with Crippen molar-refractivity contribution >= 4 is 50.1 Å². The second kappa shape index (κ2) is 11.3. The van der Waals surface area contributed by atoms with E-state index in [2.05, 4.69) is 30.9 Å². The van der Waals surface area contributed by atoms with Crippen LogP contribution in [0.25, 0.3) is 11.0 Å². The normalized spacial score (nSPS) is 11.3. The van der Waals surface area contributed by atoms with Crippen LogP contribution in [0.1, 0.15) is 15.9 Å². The van der Waals surface area contributed by atoms with E-state index in [1.165, 1.54) is 17.6 Å². The number of amides is 1. The fourth-order valence-corrected chi connectivity index (χ4v) is 4.23. The van der Waals surface area contributed by atoms with Crippen LogP contribution in [0, 0.1) is 0 Å². The van der Waals surface area contributed by atoms with E-state index < -0.39 is 10.0 Å². The highest BCUT2D eigenvalue weighted by Gasteiger charge is 2.16. The van der Waals surface area contributed by atoms with Crippen LogP contribution in [-0.2, 0) is 21.3 Å². The summed E-state index contributed by atoms with van der Waals surface area (Å²) >= 11 is 0. The highest BCUT2D eigenvalue weighted by molar-refractivity contribution is 7.92. The van der Waals surface area contributed by atoms with Crippen molar-refractivity contribution in [2.24, 2.45) is 0 Å². The van der Waals surface area contributed by atoms with Crippen molar-refractivity contribution in [2.45, 2.75) is 6.54 Å². The molecule has 0 atom stereocenters. The van der Waals surface area contributed by atoms with Gasteiger partial charge < -0.3 is 25.7 Å². The predicted molar refractivity (Wildman–Crippen MR) is 145 cm³/mol. The van der Waals surface area contributed by atoms with E-state index in [1.807, 2.05) is 24.3 Å². The third-order valence-electron chi connectivity index (χ3n) is 5.66. The van der Waals surface area contributed by atoms with Crippen LogP contribution in [0.3, 0.4) is 0 Å². The van der Waals surface area contributed by atoms with E-state index in [4.69, 9.17) is 4.74 Å². The number of nitrogens with one attached hydrogen (secondary N) is 4. The highest BCUT2D eigenvalue weighted by Crippen LogP contribution is 2.26. The van der Waals surface area contributed by atoms with E-state index in [0.29, 0.717) is 54.0 Å². The van der Waals surface area contributed by atoms with Crippen LogP contribution >= 0.6 is 0 Å². The van der Waals surface area contributed by atoms with Gasteiger partial charge in [0, 0.05) is 44.7 Å². The third-order valence-corrected chi connectivity index (χ3v) is 6.85. The monoisotopic (exact) mass is 523 g/mol. The minimum Gasteiger partial charge on any atom is -0.383 e. The predicted octanol–water partition coefficient (Wildman–Crippen LogP) is 3.09. The van der Waals surface area contributed by atoms with Crippen LogP contribution in [0.2, 0.25) is 0 Å². The molecule has 11 nitrogen and oxygen atoms in total. The van der Waals surface area contributed by atoms with Gasteiger partial charge in [-0.25, -0.2) is 8.42 Å². The topological polar surface area (TPSA) is 141 Å². The lowest BCUT2D eigenvalue weighted by molar-refractivity contribution is 0.0937. The smallest absolute Gasteiger partial charge is 0.251 e. The first-order valence-electron chi connectivity index (χ1n) is 11.5. The summed E-state index contributed by atoms with van der Waals surface area (Å²) in [6.45, 7) is 1.18. The van der Waals surface area contributed by atoms with E-state index >= 15 is 0 Å². The second-order valence-corrected chi connectivity index (χ2v) is 10.3. The molecule has 0 spiro atoms. The molecule has 4 rings (SSSR count). The highest BCUT2D eigenvalue weighted by atomic mass is 32.2. The van der Waals surface area contributed by atoms with Crippen molar-refractivity contribution in [3.63, 3.8) is 0 Å². The third kappa shape index (κ3) is 6.35. The maximum atomic E-state index is 12.4. The fourth-order valence-electron chi connectivity index (χ4n) is 3.69. The minimum atomic E-state index is -3.41. The van der Waals surface area contributed by atoms with Gasteiger partial charge in [-0.05, 0) is 35.9 Å². The number of methoxy groups -OCH3 is 1. The summed E-state index contributed by atoms with van der Waals surface area (Å²) in [6.07, 6.45) is 2.94. The Bertz CT molecular complexity index is 1500. The summed E-state index contributed by atoms with van der Waals surface area (Å²) in [5, 5.41) is 10.1. The number of aromatic amines is 1. The fraction of sp³-hybridized carbons (Fsp3) is 0.240. The molecule has 37 heavy (non-hydrogen) atoms. The van der Waals surface area contributed by atoms with Gasteiger partial charge in [0.05, 0.1) is 23.9 Å². The number of fused-ring (bicyclic) bond motifs is 1. The average molecular weight is 524 g/mol. The van der Waals surface area contributed by atoms with Crippen molar-refractivity contribution in [1.82, 2.24) is 20.3 Å². The lowest BCUT2D eigenvalue weighted by Crippen LogP contribution is -2.26. The van der Waals surface area contributed by atoms with Gasteiger partial charge in [0.2, 0.25) is 16.0 Å². The van der Waals surface area contributed by atoms with E-state index in [9.17, 15) is 13.2 Å². The molecule has 2 heterocycles. The van der Waals surface area contributed by atoms with Crippen LogP contribution in [-0.4, -0.2) is 62.8 Å². The lowest BCUT2D eigenvalue weighted by Gasteiger charge is -2.20. The standard InChI is InChI=1S/C25H29N7O4S/c1-32(37(3,34)35)21-10-5-4-7-18(21)16-28-23-20-11-12-26-22(20)30-25(31-23)29-19-9-6-8-17(15-19)24(33)27-13-14-36-2/h4-12,15H,13-14,16H2,1-3H3,(H,27,33)(H3,26,28,29,30,31). The number of carbonyl (C=O) groups is 1. The maximum absolute atomic E-state index is 12.4. The summed E-state index contributed by atoms with van der Waals surface area (Å²) in [5.74, 6) is 0.691. The van der Waals surface area contributed by atoms with Crippen LogP contribution in [0.4, 0.5) is 23.1 Å². The number of aromatic nitrogens is 3. The minimum absolute atomic E-state index is 0.207. The van der Waals surface area contributed by atoms with Crippen LogP contribution < -0.4 is 20.3 Å². The van der Waals surface area contributed by atoms with Gasteiger partial charge in [0.1, 0.15) is 11.5 Å². The number of nitrogens with zero attached hydrogens (tertiary/aromatic N) is 3. The first kappa shape index (κ1) is 25.9. The number of sulfonamides is 1. The number of rotatable bonds is 11. The number of para-hydroxylation sites is 1. The molecule has 2 aromatic heterocycles. The van der Waals surface area contributed by atoms with Gasteiger partial charge in [-0.1, -0.05) is 24.3 Å². The Hall–Kier alpha value is -4.16. The number of hydrogen-bond acceptors (Lipinski definition) is 8. The first-order chi connectivity index (χ1) is 17.8. The maximum Gasteiger partial charge on any atom is 0.251 e. The average Bonchev–Trinajstić information content (AvgIpc) is 3.35. The van der Waals surface area contributed by atoms with Crippen molar-refractivity contribution in [2.75, 3.05) is 48.5 Å². The Morgan fingerprint density at radius 3 is 2.70 bits per heavy atom. The van der Waals surface area contributed by atoms with Crippen molar-refractivity contribution in [3.05, 3.63) is 71.9 Å². The molecule has 0 saturated heterocycles. The Balaban J connectivity index is 1.56. The molecule has 194 valence electrons. The number of ether oxygens (including phenoxy) is 1. The number of benzene rings is 2. The van der Waals surface area contributed by atoms with Crippen LogP contribution in [0.15, 0.2) is 60.8 Å². The van der Waals surface area contributed by atoms with E-state index in [-0.39, 0.29) is 5.91 Å².